The molecule has 10 heavy (non-hydrogen) atoms. The molecule has 2 nitrogen and oxygen atoms in total. The second-order valence-electron chi connectivity index (χ2n) is 1.62. The van der Waals surface area contributed by atoms with Crippen LogP contribution in [0, 0.1) is 0 Å². The van der Waals surface area contributed by atoms with Gasteiger partial charge in [-0.05, 0) is 25.9 Å². The molecule has 0 fully saturated rings. The van der Waals surface area contributed by atoms with E-state index in [0.29, 0.717) is 0 Å². The summed E-state index contributed by atoms with van der Waals surface area (Å²) in [5, 5.41) is 0. The maximum absolute atomic E-state index is 5.19. The van der Waals surface area contributed by atoms with Gasteiger partial charge in [0.25, 0.3) is 0 Å². The van der Waals surface area contributed by atoms with Crippen molar-refractivity contribution < 1.29 is 0 Å². The van der Waals surface area contributed by atoms with Gasteiger partial charge in [-0.1, -0.05) is 6.92 Å². The predicted octanol–water partition coefficient (Wildman–Crippen LogP) is 0.281. The molecule has 0 unspecified atom stereocenters. The summed E-state index contributed by atoms with van der Waals surface area (Å²) in [7, 11) is 0. The van der Waals surface area contributed by atoms with Gasteiger partial charge in [0, 0.05) is 5.88 Å². The molecule has 0 aliphatic carbocycles. The fourth-order valence-corrected chi connectivity index (χ4v) is 0.118. The average molecular weight is 177 g/mol. The van der Waals surface area contributed by atoms with Crippen LogP contribution >= 0.6 is 11.6 Å². The number of halogens is 1. The Morgan fingerprint density at radius 1 is 1.20 bits per heavy atom. The van der Waals surface area contributed by atoms with Crippen LogP contribution in [0.25, 0.3) is 0 Å². The molecule has 0 aromatic carbocycles. The van der Waals surface area contributed by atoms with Crippen LogP contribution in [-0.4, -0.2) is 48.5 Å². The van der Waals surface area contributed by atoms with Gasteiger partial charge in [-0.15, -0.1) is 11.6 Å². The first-order valence-electron chi connectivity index (χ1n) is 3.29. The number of hydrogen-bond acceptors (Lipinski definition) is 2. The summed E-state index contributed by atoms with van der Waals surface area (Å²) in [5.74, 6) is 0.792. The van der Waals surface area contributed by atoms with Crippen LogP contribution in [-0.2, 0) is 0 Å². The minimum atomic E-state index is 0. The monoisotopic (exact) mass is 176 g/mol. The summed E-state index contributed by atoms with van der Waals surface area (Å²) in [4.78, 5) is 0. The third kappa shape index (κ3) is 35.0. The van der Waals surface area contributed by atoms with Crippen LogP contribution in [0.4, 0.5) is 0 Å². The molecule has 0 aliphatic heterocycles. The SMILES string of the molecule is CCCCl.NCCCN.[NaH]. The molecule has 4 N–H and O–H groups in total. The van der Waals surface area contributed by atoms with E-state index in [0.717, 1.165) is 31.8 Å². The predicted molar refractivity (Wildman–Crippen MR) is 50.9 cm³/mol. The van der Waals surface area contributed by atoms with Gasteiger partial charge < -0.3 is 11.5 Å². The first-order chi connectivity index (χ1) is 4.33. The molecule has 60 valence electrons. The number of rotatable bonds is 3. The Hall–Kier alpha value is 1.21. The Morgan fingerprint density at radius 2 is 1.50 bits per heavy atom. The van der Waals surface area contributed by atoms with Crippen molar-refractivity contribution in [1.82, 2.24) is 0 Å². The van der Waals surface area contributed by atoms with Crippen molar-refractivity contribution >= 4 is 41.2 Å². The van der Waals surface area contributed by atoms with E-state index in [1.807, 2.05) is 6.92 Å². The van der Waals surface area contributed by atoms with Crippen molar-refractivity contribution in [2.24, 2.45) is 11.5 Å². The molecule has 0 saturated heterocycles. The van der Waals surface area contributed by atoms with E-state index in [1.165, 1.54) is 0 Å². The van der Waals surface area contributed by atoms with Crippen molar-refractivity contribution in [3.05, 3.63) is 0 Å². The topological polar surface area (TPSA) is 52.0 Å². The third-order valence-electron chi connectivity index (χ3n) is 0.597. The van der Waals surface area contributed by atoms with Crippen LogP contribution in [0.5, 0.6) is 0 Å². The molecule has 0 atom stereocenters. The van der Waals surface area contributed by atoms with Crippen LogP contribution in [0.15, 0.2) is 0 Å². The summed E-state index contributed by atoms with van der Waals surface area (Å²) < 4.78 is 0. The molecule has 0 aliphatic rings. The van der Waals surface area contributed by atoms with Gasteiger partial charge in [-0.2, -0.15) is 0 Å². The Morgan fingerprint density at radius 3 is 1.50 bits per heavy atom. The van der Waals surface area contributed by atoms with E-state index in [4.69, 9.17) is 23.1 Å². The Bertz CT molecular complexity index is 34.9. The van der Waals surface area contributed by atoms with Crippen LogP contribution in [0.1, 0.15) is 19.8 Å². The molecule has 0 saturated carbocycles. The molecule has 4 heteroatoms. The summed E-state index contributed by atoms with van der Waals surface area (Å²) in [6.07, 6.45) is 2.03. The van der Waals surface area contributed by atoms with Crippen molar-refractivity contribution in [3.8, 4) is 0 Å². The van der Waals surface area contributed by atoms with Crippen molar-refractivity contribution in [1.29, 1.82) is 0 Å². The van der Waals surface area contributed by atoms with Crippen molar-refractivity contribution in [2.75, 3.05) is 19.0 Å². The Labute approximate surface area is 91.0 Å². The van der Waals surface area contributed by atoms with E-state index < -0.39 is 0 Å². The van der Waals surface area contributed by atoms with E-state index >= 15 is 0 Å². The van der Waals surface area contributed by atoms with Gasteiger partial charge in [0.15, 0.2) is 0 Å². The van der Waals surface area contributed by atoms with Crippen molar-refractivity contribution in [3.63, 3.8) is 0 Å². The number of alkyl halides is 1. The molecule has 0 aromatic rings. The number of hydrogen-bond donors (Lipinski definition) is 2. The van der Waals surface area contributed by atoms with E-state index in [1.54, 1.807) is 0 Å². The fourth-order valence-electron chi connectivity index (χ4n) is 0.118. The van der Waals surface area contributed by atoms with Crippen LogP contribution in [0.3, 0.4) is 0 Å². The first kappa shape index (κ1) is 17.3. The molecule has 0 rings (SSSR count). The fraction of sp³-hybridized carbons (Fsp3) is 1.00. The first-order valence-corrected chi connectivity index (χ1v) is 3.83. The second kappa shape index (κ2) is 22.5. The zero-order chi connectivity index (χ0) is 7.54. The van der Waals surface area contributed by atoms with Gasteiger partial charge in [0.1, 0.15) is 0 Å². The Kier molecular flexibility index (Phi) is 38.9. The zero-order valence-electron chi connectivity index (χ0n) is 6.07. The summed E-state index contributed by atoms with van der Waals surface area (Å²) in [5.41, 5.74) is 10.1. The molecule has 0 aromatic heterocycles. The van der Waals surface area contributed by atoms with E-state index in [-0.39, 0.29) is 29.6 Å². The van der Waals surface area contributed by atoms with E-state index in [9.17, 15) is 0 Å². The standard InChI is InChI=1S/C3H7Cl.C3H10N2.Na.H/c1-2-3-4;4-2-1-3-5;;/h2-3H2,1H3;1-5H2;;. The van der Waals surface area contributed by atoms with Gasteiger partial charge in [0.2, 0.25) is 0 Å². The maximum atomic E-state index is 5.19. The van der Waals surface area contributed by atoms with Gasteiger partial charge in [0.05, 0.1) is 0 Å². The molecular weight excluding hydrogens is 159 g/mol. The van der Waals surface area contributed by atoms with Gasteiger partial charge in [-0.3, -0.25) is 0 Å². The number of nitrogens with two attached hydrogens (primary N) is 2. The molecule has 0 radical (unpaired) electrons. The summed E-state index contributed by atoms with van der Waals surface area (Å²) in [6, 6.07) is 0. The quantitative estimate of drug-likeness (QED) is 0.480. The molecule has 0 bridgehead atoms. The van der Waals surface area contributed by atoms with Crippen molar-refractivity contribution in [2.45, 2.75) is 19.8 Å². The molecule has 0 amide bonds. The van der Waals surface area contributed by atoms with Gasteiger partial charge in [-0.25, -0.2) is 0 Å². The second-order valence-corrected chi connectivity index (χ2v) is 2.00. The normalized spacial score (nSPS) is 7.20. The van der Waals surface area contributed by atoms with Gasteiger partial charge >= 0.3 is 29.6 Å². The third-order valence-corrected chi connectivity index (χ3v) is 0.975. The average Bonchev–Trinajstić information content (AvgIpc) is 1.91. The molecule has 0 heterocycles. The van der Waals surface area contributed by atoms with Crippen LogP contribution in [0.2, 0.25) is 0 Å². The zero-order valence-corrected chi connectivity index (χ0v) is 6.82. The summed E-state index contributed by atoms with van der Waals surface area (Å²) in [6.45, 7) is 3.49. The molecule has 0 spiro atoms. The minimum absolute atomic E-state index is 0. The molecular formula is C6H18ClN2Na. The van der Waals surface area contributed by atoms with Crippen LogP contribution < -0.4 is 11.5 Å². The Balaban J connectivity index is -0.0000000910. The summed E-state index contributed by atoms with van der Waals surface area (Å²) >= 11 is 5.19. The van der Waals surface area contributed by atoms with E-state index in [2.05, 4.69) is 0 Å².